The molecule has 0 saturated carbocycles. The van der Waals surface area contributed by atoms with Gasteiger partial charge in [-0.1, -0.05) is 24.3 Å². The minimum absolute atomic E-state index is 0.151. The molecule has 0 bridgehead atoms. The average molecular weight is 418 g/mol. The summed E-state index contributed by atoms with van der Waals surface area (Å²) in [6.07, 6.45) is 0.576. The van der Waals surface area contributed by atoms with E-state index in [2.05, 4.69) is 34.3 Å². The van der Waals surface area contributed by atoms with E-state index in [1.165, 1.54) is 4.52 Å². The second-order valence-electron chi connectivity index (χ2n) is 7.61. The SMILES string of the molecule is COCc1[nH]n2c(=O)cc(Cc3ccc(N(C)C)cc3)nc2c1-c1ccc(OC)cc1. The number of fused-ring (bicyclic) bond motifs is 1. The first kappa shape index (κ1) is 20.7. The van der Waals surface area contributed by atoms with Crippen molar-refractivity contribution < 1.29 is 9.47 Å². The predicted octanol–water partition coefficient (Wildman–Crippen LogP) is 3.50. The molecule has 7 heteroatoms. The summed E-state index contributed by atoms with van der Waals surface area (Å²) in [6.45, 7) is 0.339. The van der Waals surface area contributed by atoms with Crippen LogP contribution in [-0.4, -0.2) is 42.9 Å². The van der Waals surface area contributed by atoms with Crippen molar-refractivity contribution in [3.05, 3.63) is 81.9 Å². The van der Waals surface area contributed by atoms with Crippen LogP contribution in [0.15, 0.2) is 59.4 Å². The number of nitrogens with zero attached hydrogens (tertiary/aromatic N) is 3. The van der Waals surface area contributed by atoms with E-state index < -0.39 is 0 Å². The molecule has 0 aliphatic heterocycles. The van der Waals surface area contributed by atoms with Gasteiger partial charge in [-0.15, -0.1) is 0 Å². The summed E-state index contributed by atoms with van der Waals surface area (Å²) in [5.41, 5.74) is 5.97. The normalized spacial score (nSPS) is 11.1. The van der Waals surface area contributed by atoms with Gasteiger partial charge in [-0.3, -0.25) is 9.89 Å². The third-order valence-electron chi connectivity index (χ3n) is 5.25. The molecule has 0 spiro atoms. The number of methoxy groups -OCH3 is 2. The van der Waals surface area contributed by atoms with Crippen molar-refractivity contribution in [2.75, 3.05) is 33.2 Å². The Morgan fingerprint density at radius 3 is 2.35 bits per heavy atom. The molecule has 0 aliphatic carbocycles. The summed E-state index contributed by atoms with van der Waals surface area (Å²) in [5, 5.41) is 3.15. The molecule has 0 amide bonds. The number of anilines is 1. The van der Waals surface area contributed by atoms with E-state index in [1.807, 2.05) is 38.4 Å². The molecule has 31 heavy (non-hydrogen) atoms. The van der Waals surface area contributed by atoms with Crippen LogP contribution in [0, 0.1) is 0 Å². The van der Waals surface area contributed by atoms with Gasteiger partial charge in [-0.25, -0.2) is 9.50 Å². The number of benzene rings is 2. The van der Waals surface area contributed by atoms with Crippen LogP contribution < -0.4 is 15.2 Å². The maximum absolute atomic E-state index is 12.9. The number of ether oxygens (including phenoxy) is 2. The lowest BCUT2D eigenvalue weighted by Crippen LogP contribution is -2.16. The summed E-state index contributed by atoms with van der Waals surface area (Å²) in [5.74, 6) is 0.767. The van der Waals surface area contributed by atoms with Gasteiger partial charge in [0.1, 0.15) is 5.75 Å². The monoisotopic (exact) mass is 418 g/mol. The highest BCUT2D eigenvalue weighted by Crippen LogP contribution is 2.29. The molecule has 0 radical (unpaired) electrons. The fraction of sp³-hybridized carbons (Fsp3) is 0.250. The van der Waals surface area contributed by atoms with Gasteiger partial charge in [-0.05, 0) is 35.4 Å². The van der Waals surface area contributed by atoms with Gasteiger partial charge in [0.2, 0.25) is 0 Å². The number of aromatic nitrogens is 3. The quantitative estimate of drug-likeness (QED) is 0.497. The Morgan fingerprint density at radius 1 is 1.03 bits per heavy atom. The van der Waals surface area contributed by atoms with Gasteiger partial charge in [0, 0.05) is 44.9 Å². The van der Waals surface area contributed by atoms with E-state index >= 15 is 0 Å². The average Bonchev–Trinajstić information content (AvgIpc) is 3.13. The molecule has 4 rings (SSSR count). The first-order chi connectivity index (χ1) is 15.0. The highest BCUT2D eigenvalue weighted by atomic mass is 16.5. The van der Waals surface area contributed by atoms with Gasteiger partial charge in [0.25, 0.3) is 5.56 Å². The molecule has 0 unspecified atom stereocenters. The molecule has 0 aliphatic rings. The Balaban J connectivity index is 1.79. The first-order valence-corrected chi connectivity index (χ1v) is 10.0. The first-order valence-electron chi connectivity index (χ1n) is 10.0. The van der Waals surface area contributed by atoms with Crippen LogP contribution in [-0.2, 0) is 17.8 Å². The number of H-pyrrole nitrogens is 1. The largest absolute Gasteiger partial charge is 0.497 e. The van der Waals surface area contributed by atoms with Crippen LogP contribution in [0.1, 0.15) is 17.0 Å². The van der Waals surface area contributed by atoms with Gasteiger partial charge in [0.15, 0.2) is 5.65 Å². The van der Waals surface area contributed by atoms with Gasteiger partial charge < -0.3 is 14.4 Å². The Bertz CT molecular complexity index is 1240. The van der Waals surface area contributed by atoms with Crippen molar-refractivity contribution in [2.24, 2.45) is 0 Å². The molecule has 1 N–H and O–H groups in total. The fourth-order valence-electron chi connectivity index (χ4n) is 3.65. The Labute approximate surface area is 180 Å². The molecule has 7 nitrogen and oxygen atoms in total. The molecule has 2 aromatic heterocycles. The van der Waals surface area contributed by atoms with Crippen molar-refractivity contribution in [1.82, 2.24) is 14.6 Å². The van der Waals surface area contributed by atoms with E-state index in [9.17, 15) is 4.79 Å². The lowest BCUT2D eigenvalue weighted by atomic mass is 10.1. The molecule has 0 saturated heterocycles. The van der Waals surface area contributed by atoms with E-state index in [1.54, 1.807) is 20.3 Å². The van der Waals surface area contributed by atoms with E-state index in [0.29, 0.717) is 18.7 Å². The zero-order valence-electron chi connectivity index (χ0n) is 18.2. The number of hydrogen-bond donors (Lipinski definition) is 1. The van der Waals surface area contributed by atoms with Crippen LogP contribution in [0.4, 0.5) is 5.69 Å². The standard InChI is InChI=1S/C24H26N4O3/c1-27(2)19-9-5-16(6-10-19)13-18-14-22(29)28-24(25-18)23(21(26-28)15-30-3)17-7-11-20(31-4)12-8-17/h5-12,14,26H,13,15H2,1-4H3. The lowest BCUT2D eigenvalue weighted by molar-refractivity contribution is 0.181. The second kappa shape index (κ2) is 8.65. The molecule has 4 aromatic rings. The smallest absolute Gasteiger partial charge is 0.272 e. The Hall–Kier alpha value is -3.58. The van der Waals surface area contributed by atoms with Crippen LogP contribution in [0.2, 0.25) is 0 Å². The minimum atomic E-state index is -0.151. The highest BCUT2D eigenvalue weighted by molar-refractivity contribution is 5.80. The van der Waals surface area contributed by atoms with Crippen molar-refractivity contribution in [3.8, 4) is 16.9 Å². The summed E-state index contributed by atoms with van der Waals surface area (Å²) in [4.78, 5) is 19.8. The van der Waals surface area contributed by atoms with Crippen molar-refractivity contribution in [1.29, 1.82) is 0 Å². The van der Waals surface area contributed by atoms with Gasteiger partial charge >= 0.3 is 0 Å². The van der Waals surface area contributed by atoms with Gasteiger partial charge in [0.05, 0.1) is 25.1 Å². The van der Waals surface area contributed by atoms with E-state index in [4.69, 9.17) is 14.5 Å². The molecular formula is C24H26N4O3. The Kier molecular flexibility index (Phi) is 5.77. The van der Waals surface area contributed by atoms with Crippen LogP contribution in [0.25, 0.3) is 16.8 Å². The molecular weight excluding hydrogens is 392 g/mol. The molecule has 0 atom stereocenters. The summed E-state index contributed by atoms with van der Waals surface area (Å²) in [6, 6.07) is 17.5. The number of nitrogens with one attached hydrogen (secondary N) is 1. The van der Waals surface area contributed by atoms with Crippen molar-refractivity contribution >= 4 is 11.3 Å². The van der Waals surface area contributed by atoms with Crippen LogP contribution >= 0.6 is 0 Å². The third kappa shape index (κ3) is 4.18. The van der Waals surface area contributed by atoms with E-state index in [0.717, 1.165) is 39.5 Å². The second-order valence-corrected chi connectivity index (χ2v) is 7.61. The lowest BCUT2D eigenvalue weighted by Gasteiger charge is -2.12. The third-order valence-corrected chi connectivity index (χ3v) is 5.25. The van der Waals surface area contributed by atoms with Gasteiger partial charge in [-0.2, -0.15) is 0 Å². The maximum atomic E-state index is 12.9. The molecule has 2 aromatic carbocycles. The number of hydrogen-bond acceptors (Lipinski definition) is 5. The molecule has 2 heterocycles. The fourth-order valence-corrected chi connectivity index (χ4v) is 3.65. The summed E-state index contributed by atoms with van der Waals surface area (Å²) in [7, 11) is 7.28. The minimum Gasteiger partial charge on any atom is -0.497 e. The topological polar surface area (TPSA) is 71.9 Å². The summed E-state index contributed by atoms with van der Waals surface area (Å²) < 4.78 is 12.1. The highest BCUT2D eigenvalue weighted by Gasteiger charge is 2.17. The van der Waals surface area contributed by atoms with Crippen LogP contribution in [0.3, 0.4) is 0 Å². The number of rotatable bonds is 7. The molecule has 160 valence electrons. The zero-order chi connectivity index (χ0) is 22.0. The van der Waals surface area contributed by atoms with Crippen molar-refractivity contribution in [2.45, 2.75) is 13.0 Å². The molecule has 0 fully saturated rings. The maximum Gasteiger partial charge on any atom is 0.272 e. The zero-order valence-corrected chi connectivity index (χ0v) is 18.2. The van der Waals surface area contributed by atoms with Crippen LogP contribution in [0.5, 0.6) is 5.75 Å². The Morgan fingerprint density at radius 2 is 1.74 bits per heavy atom. The van der Waals surface area contributed by atoms with E-state index in [-0.39, 0.29) is 5.56 Å². The van der Waals surface area contributed by atoms with Crippen molar-refractivity contribution in [3.63, 3.8) is 0 Å². The summed E-state index contributed by atoms with van der Waals surface area (Å²) >= 11 is 0. The predicted molar refractivity (Wildman–Crippen MR) is 122 cm³/mol. The number of aromatic amines is 1.